The number of pyridine rings is 1. The van der Waals surface area contributed by atoms with E-state index in [1.165, 1.54) is 6.20 Å². The molecule has 0 aliphatic heterocycles. The number of carbonyl (C=O) groups excluding carboxylic acids is 1. The molecule has 27 heavy (non-hydrogen) atoms. The van der Waals surface area contributed by atoms with Crippen molar-refractivity contribution in [2.45, 2.75) is 6.61 Å². The normalized spacial score (nSPS) is 9.74. The zero-order chi connectivity index (χ0) is 18.9. The van der Waals surface area contributed by atoms with Gasteiger partial charge in [-0.1, -0.05) is 30.3 Å². The summed E-state index contributed by atoms with van der Waals surface area (Å²) in [5, 5.41) is 11.7. The van der Waals surface area contributed by atoms with Crippen LogP contribution in [-0.4, -0.2) is 11.0 Å². The second kappa shape index (κ2) is 8.87. The number of urea groups is 1. The first-order valence-electron chi connectivity index (χ1n) is 8.19. The van der Waals surface area contributed by atoms with Crippen molar-refractivity contribution in [1.82, 2.24) is 10.4 Å². The van der Waals surface area contributed by atoms with Gasteiger partial charge in [0.15, 0.2) is 5.82 Å². The molecule has 134 valence electrons. The van der Waals surface area contributed by atoms with E-state index in [2.05, 4.69) is 21.2 Å². The molecule has 0 saturated heterocycles. The Kier molecular flexibility index (Phi) is 5.84. The molecule has 3 rings (SSSR count). The van der Waals surface area contributed by atoms with Gasteiger partial charge in [0.1, 0.15) is 18.4 Å². The third-order valence-electron chi connectivity index (χ3n) is 3.58. The maximum Gasteiger partial charge on any atom is 0.337 e. The summed E-state index contributed by atoms with van der Waals surface area (Å²) in [6.07, 6.45) is 1.52. The molecule has 0 aliphatic carbocycles. The number of nitriles is 1. The van der Waals surface area contributed by atoms with E-state index in [0.717, 1.165) is 5.56 Å². The molecule has 2 amide bonds. The van der Waals surface area contributed by atoms with Crippen molar-refractivity contribution in [1.29, 1.82) is 5.26 Å². The molecule has 0 fully saturated rings. The smallest absolute Gasteiger partial charge is 0.337 e. The van der Waals surface area contributed by atoms with Crippen LogP contribution in [0.4, 0.5) is 16.3 Å². The summed E-state index contributed by atoms with van der Waals surface area (Å²) in [5.74, 6) is 0.981. The number of aromatic nitrogens is 1. The lowest BCUT2D eigenvalue weighted by atomic mass is 10.2. The lowest BCUT2D eigenvalue weighted by molar-refractivity contribution is 0.254. The summed E-state index contributed by atoms with van der Waals surface area (Å²) in [4.78, 5) is 15.9. The molecule has 0 atom stereocenters. The predicted octanol–water partition coefficient (Wildman–Crippen LogP) is 3.68. The van der Waals surface area contributed by atoms with Crippen molar-refractivity contribution in [2.75, 3.05) is 10.7 Å². The van der Waals surface area contributed by atoms with Gasteiger partial charge in [0.05, 0.1) is 5.56 Å². The molecule has 1 aromatic heterocycles. The van der Waals surface area contributed by atoms with Crippen molar-refractivity contribution in [3.05, 3.63) is 84.1 Å². The van der Waals surface area contributed by atoms with Gasteiger partial charge in [-0.05, 0) is 42.0 Å². The van der Waals surface area contributed by atoms with E-state index in [1.807, 2.05) is 36.4 Å². The molecule has 7 heteroatoms. The highest BCUT2D eigenvalue weighted by Crippen LogP contribution is 2.17. The molecule has 7 nitrogen and oxygen atoms in total. The first kappa shape index (κ1) is 17.8. The Morgan fingerprint density at radius 2 is 1.81 bits per heavy atom. The van der Waals surface area contributed by atoms with Crippen LogP contribution in [0.1, 0.15) is 11.1 Å². The van der Waals surface area contributed by atoms with Crippen LogP contribution in [0.15, 0.2) is 72.9 Å². The molecule has 1 heterocycles. The fourth-order valence-electron chi connectivity index (χ4n) is 2.25. The van der Waals surface area contributed by atoms with Crippen LogP contribution in [0, 0.1) is 11.3 Å². The quantitative estimate of drug-likeness (QED) is 0.583. The minimum atomic E-state index is -0.484. The Labute approximate surface area is 156 Å². The molecule has 0 saturated carbocycles. The van der Waals surface area contributed by atoms with Gasteiger partial charge >= 0.3 is 6.03 Å². The Hall–Kier alpha value is -4.05. The number of hydrazine groups is 1. The molecule has 2 aromatic carbocycles. The highest BCUT2D eigenvalue weighted by Gasteiger charge is 2.05. The minimum Gasteiger partial charge on any atom is -0.489 e. The number of ether oxygens (including phenoxy) is 1. The van der Waals surface area contributed by atoms with E-state index < -0.39 is 6.03 Å². The number of carbonyl (C=O) groups is 1. The number of nitrogens with zero attached hydrogens (tertiary/aromatic N) is 2. The van der Waals surface area contributed by atoms with Gasteiger partial charge in [0.2, 0.25) is 0 Å². The van der Waals surface area contributed by atoms with Crippen molar-refractivity contribution in [3.8, 4) is 11.8 Å². The topological polar surface area (TPSA) is 99.1 Å². The zero-order valence-corrected chi connectivity index (χ0v) is 14.3. The van der Waals surface area contributed by atoms with Crippen LogP contribution in [0.25, 0.3) is 0 Å². The number of hydrogen-bond acceptors (Lipinski definition) is 5. The van der Waals surface area contributed by atoms with Gasteiger partial charge in [-0.2, -0.15) is 5.26 Å². The summed E-state index contributed by atoms with van der Waals surface area (Å²) in [6, 6.07) is 21.6. The van der Waals surface area contributed by atoms with E-state index in [9.17, 15) is 4.79 Å². The van der Waals surface area contributed by atoms with E-state index in [1.54, 1.807) is 36.4 Å². The number of benzene rings is 2. The zero-order valence-electron chi connectivity index (χ0n) is 14.3. The molecule has 0 radical (unpaired) electrons. The SMILES string of the molecule is N#Cc1cccnc1NNC(=O)Nc1ccc(OCc2ccccc2)cc1. The molecule has 0 unspecified atom stereocenters. The summed E-state index contributed by atoms with van der Waals surface area (Å²) in [6.45, 7) is 0.476. The lowest BCUT2D eigenvalue weighted by Gasteiger charge is -2.11. The fraction of sp³-hybridized carbons (Fsp3) is 0.0500. The third-order valence-corrected chi connectivity index (χ3v) is 3.58. The molecule has 3 aromatic rings. The Morgan fingerprint density at radius 3 is 2.56 bits per heavy atom. The summed E-state index contributed by atoms with van der Waals surface area (Å²) in [5.41, 5.74) is 7.06. The van der Waals surface area contributed by atoms with Crippen LogP contribution in [0.3, 0.4) is 0 Å². The predicted molar refractivity (Wildman–Crippen MR) is 102 cm³/mol. The van der Waals surface area contributed by atoms with Crippen LogP contribution in [-0.2, 0) is 6.61 Å². The molecular weight excluding hydrogens is 342 g/mol. The van der Waals surface area contributed by atoms with Gasteiger partial charge in [-0.3, -0.25) is 10.9 Å². The number of rotatable bonds is 6. The van der Waals surface area contributed by atoms with Crippen LogP contribution in [0.5, 0.6) is 5.75 Å². The molecular formula is C20H17N5O2. The average Bonchev–Trinajstić information content (AvgIpc) is 2.72. The average molecular weight is 359 g/mol. The Morgan fingerprint density at radius 1 is 1.04 bits per heavy atom. The first-order chi connectivity index (χ1) is 13.2. The van der Waals surface area contributed by atoms with Crippen LogP contribution < -0.4 is 20.9 Å². The van der Waals surface area contributed by atoms with E-state index in [0.29, 0.717) is 23.6 Å². The van der Waals surface area contributed by atoms with E-state index in [-0.39, 0.29) is 5.82 Å². The molecule has 0 bridgehead atoms. The van der Waals surface area contributed by atoms with Crippen molar-refractivity contribution in [2.24, 2.45) is 0 Å². The maximum atomic E-state index is 12.0. The van der Waals surface area contributed by atoms with Gasteiger partial charge in [-0.25, -0.2) is 9.78 Å². The van der Waals surface area contributed by atoms with Gasteiger partial charge in [0, 0.05) is 11.9 Å². The summed E-state index contributed by atoms with van der Waals surface area (Å²) >= 11 is 0. The highest BCUT2D eigenvalue weighted by atomic mass is 16.5. The second-order valence-electron chi connectivity index (χ2n) is 5.51. The van der Waals surface area contributed by atoms with Crippen molar-refractivity contribution in [3.63, 3.8) is 0 Å². The first-order valence-corrected chi connectivity index (χ1v) is 8.19. The van der Waals surface area contributed by atoms with Crippen LogP contribution >= 0.6 is 0 Å². The molecule has 0 spiro atoms. The Balaban J connectivity index is 1.49. The van der Waals surface area contributed by atoms with Gasteiger partial charge in [-0.15, -0.1) is 0 Å². The number of anilines is 2. The van der Waals surface area contributed by atoms with Gasteiger partial charge in [0.25, 0.3) is 0 Å². The minimum absolute atomic E-state index is 0.278. The number of amides is 2. The monoisotopic (exact) mass is 359 g/mol. The standard InChI is InChI=1S/C20H17N5O2/c21-13-16-7-4-12-22-19(16)24-25-20(26)23-17-8-10-18(11-9-17)27-14-15-5-2-1-3-6-15/h1-12H,14H2,(H,22,24)(H2,23,25,26). The molecule has 3 N–H and O–H groups in total. The summed E-state index contributed by atoms with van der Waals surface area (Å²) in [7, 11) is 0. The fourth-order valence-corrected chi connectivity index (χ4v) is 2.25. The number of hydrogen-bond donors (Lipinski definition) is 3. The van der Waals surface area contributed by atoms with E-state index >= 15 is 0 Å². The van der Waals surface area contributed by atoms with Crippen LogP contribution in [0.2, 0.25) is 0 Å². The molecule has 0 aliphatic rings. The van der Waals surface area contributed by atoms with Crippen molar-refractivity contribution < 1.29 is 9.53 Å². The lowest BCUT2D eigenvalue weighted by Crippen LogP contribution is -2.34. The van der Waals surface area contributed by atoms with Gasteiger partial charge < -0.3 is 10.1 Å². The summed E-state index contributed by atoms with van der Waals surface area (Å²) < 4.78 is 5.70. The van der Waals surface area contributed by atoms with E-state index in [4.69, 9.17) is 10.00 Å². The highest BCUT2D eigenvalue weighted by molar-refractivity contribution is 5.90. The Bertz CT molecular complexity index is 937. The van der Waals surface area contributed by atoms with Crippen molar-refractivity contribution >= 4 is 17.5 Å². The largest absolute Gasteiger partial charge is 0.489 e. The third kappa shape index (κ3) is 5.21. The number of nitrogens with one attached hydrogen (secondary N) is 3. The second-order valence-corrected chi connectivity index (χ2v) is 5.51. The maximum absolute atomic E-state index is 12.0.